The molecule has 0 radical (unpaired) electrons. The van der Waals surface area contributed by atoms with Gasteiger partial charge in [0.15, 0.2) is 0 Å². The fourth-order valence-corrected chi connectivity index (χ4v) is 7.41. The zero-order chi connectivity index (χ0) is 22.8. The lowest BCUT2D eigenvalue weighted by molar-refractivity contribution is -0.150. The van der Waals surface area contributed by atoms with Gasteiger partial charge in [0.2, 0.25) is 5.91 Å². The van der Waals surface area contributed by atoms with E-state index in [0.717, 1.165) is 12.8 Å². The Balaban J connectivity index is 1.82. The molecule has 7 heteroatoms. The number of hydrogen-bond donors (Lipinski definition) is 1. The van der Waals surface area contributed by atoms with Gasteiger partial charge in [-0.3, -0.25) is 4.79 Å². The molecule has 1 aromatic carbocycles. The summed E-state index contributed by atoms with van der Waals surface area (Å²) < 4.78 is 28.8. The van der Waals surface area contributed by atoms with E-state index >= 15 is 0 Å². The van der Waals surface area contributed by atoms with Gasteiger partial charge in [0, 0.05) is 23.4 Å². The number of carbonyl (C=O) groups excluding carboxylic acids is 1. The number of rotatable bonds is 5. The Labute approximate surface area is 182 Å². The molecule has 3 aliphatic rings. The quantitative estimate of drug-likeness (QED) is 0.727. The molecule has 0 spiro atoms. The molecule has 5 nitrogen and oxygen atoms in total. The molecule has 0 aromatic heterocycles. The van der Waals surface area contributed by atoms with Crippen LogP contribution >= 0.6 is 0 Å². The molecule has 2 saturated carbocycles. The number of carbonyl (C=O) groups is 1. The van der Waals surface area contributed by atoms with Crippen LogP contribution in [0.2, 0.25) is 0 Å². The predicted octanol–water partition coefficient (Wildman–Crippen LogP) is 4.81. The summed E-state index contributed by atoms with van der Waals surface area (Å²) in [6.45, 7) is 10.4. The first-order valence-corrected chi connectivity index (χ1v) is 11.0. The van der Waals surface area contributed by atoms with Gasteiger partial charge in [0.25, 0.3) is 0 Å². The highest BCUT2D eigenvalue weighted by molar-refractivity contribution is 5.78. The lowest BCUT2D eigenvalue weighted by Crippen LogP contribution is -2.64. The molecule has 168 valence electrons. The average molecular weight is 432 g/mol. The molecule has 2 aliphatic carbocycles. The van der Waals surface area contributed by atoms with Crippen molar-refractivity contribution in [3.05, 3.63) is 41.5 Å². The van der Waals surface area contributed by atoms with Crippen LogP contribution in [0.15, 0.2) is 34.5 Å². The molecule has 4 atom stereocenters. The SMILES string of the molecule is CCN(C(=O)CO)C(C)(C)[C@@]12CC[C@@H](C3C=C(c4c(F)cccc4F)N=NC31)C2(C)C. The second-order valence-electron chi connectivity index (χ2n) is 10.1. The first kappa shape index (κ1) is 22.1. The van der Waals surface area contributed by atoms with Crippen LogP contribution in [-0.2, 0) is 4.79 Å². The second-order valence-corrected chi connectivity index (χ2v) is 10.1. The van der Waals surface area contributed by atoms with Crippen molar-refractivity contribution in [1.29, 1.82) is 0 Å². The van der Waals surface area contributed by atoms with E-state index in [4.69, 9.17) is 0 Å². The number of nitrogens with zero attached hydrogens (tertiary/aromatic N) is 3. The highest BCUT2D eigenvalue weighted by atomic mass is 19.1. The average Bonchev–Trinajstić information content (AvgIpc) is 3.10. The van der Waals surface area contributed by atoms with Gasteiger partial charge in [-0.05, 0) is 57.1 Å². The third-order valence-electron chi connectivity index (χ3n) is 8.64. The lowest BCUT2D eigenvalue weighted by atomic mass is 9.56. The van der Waals surface area contributed by atoms with Gasteiger partial charge in [-0.1, -0.05) is 26.0 Å². The third kappa shape index (κ3) is 2.71. The van der Waals surface area contributed by atoms with Gasteiger partial charge in [-0.2, -0.15) is 10.2 Å². The van der Waals surface area contributed by atoms with Crippen molar-refractivity contribution in [2.75, 3.05) is 13.2 Å². The van der Waals surface area contributed by atoms with Crippen LogP contribution < -0.4 is 0 Å². The van der Waals surface area contributed by atoms with E-state index in [0.29, 0.717) is 6.54 Å². The Kier molecular flexibility index (Phi) is 5.11. The Morgan fingerprint density at radius 1 is 1.29 bits per heavy atom. The largest absolute Gasteiger partial charge is 0.387 e. The number of fused-ring (bicyclic) bond motifs is 5. The summed E-state index contributed by atoms with van der Waals surface area (Å²) in [6.07, 6.45) is 3.72. The first-order valence-electron chi connectivity index (χ1n) is 11.0. The maximum absolute atomic E-state index is 14.4. The van der Waals surface area contributed by atoms with Gasteiger partial charge < -0.3 is 10.0 Å². The molecule has 0 saturated heterocycles. The lowest BCUT2D eigenvalue weighted by Gasteiger charge is -2.57. The van der Waals surface area contributed by atoms with Gasteiger partial charge >= 0.3 is 0 Å². The van der Waals surface area contributed by atoms with E-state index < -0.39 is 23.8 Å². The Morgan fingerprint density at radius 3 is 2.52 bits per heavy atom. The van der Waals surface area contributed by atoms with Gasteiger partial charge in [-0.15, -0.1) is 0 Å². The molecular formula is C24H31F2N3O2. The summed E-state index contributed by atoms with van der Waals surface area (Å²) in [5, 5.41) is 18.6. The minimum absolute atomic E-state index is 0.0162. The summed E-state index contributed by atoms with van der Waals surface area (Å²) in [4.78, 5) is 14.4. The van der Waals surface area contributed by atoms with Crippen LogP contribution in [0.5, 0.6) is 0 Å². The number of aliphatic hydroxyl groups excluding tert-OH is 1. The molecule has 1 heterocycles. The first-order chi connectivity index (χ1) is 14.5. The second kappa shape index (κ2) is 7.19. The van der Waals surface area contributed by atoms with E-state index in [1.807, 2.05) is 13.0 Å². The molecule has 1 aromatic rings. The van der Waals surface area contributed by atoms with Crippen molar-refractivity contribution in [3.63, 3.8) is 0 Å². The van der Waals surface area contributed by atoms with E-state index in [2.05, 4.69) is 37.9 Å². The standard InChI is InChI=1S/C24H31F2N3O2/c1-6-29(19(31)13-30)23(4,5)24-11-10-15(22(24,2)3)14-12-18(27-28-21(14)24)20-16(25)8-7-9-17(20)26/h7-9,12,14-15,21,30H,6,10-11,13H2,1-5H3/t14?,15-,21?,24-/m0/s1. The number of hydrogen-bond acceptors (Lipinski definition) is 4. The predicted molar refractivity (Wildman–Crippen MR) is 114 cm³/mol. The summed E-state index contributed by atoms with van der Waals surface area (Å²) in [5.74, 6) is -1.36. The maximum Gasteiger partial charge on any atom is 0.248 e. The number of azo groups is 1. The molecule has 1 aliphatic heterocycles. The Morgan fingerprint density at radius 2 is 1.94 bits per heavy atom. The molecule has 31 heavy (non-hydrogen) atoms. The molecule has 2 fully saturated rings. The van der Waals surface area contributed by atoms with Crippen molar-refractivity contribution in [2.24, 2.45) is 32.9 Å². The number of benzene rings is 1. The van der Waals surface area contributed by atoms with Crippen molar-refractivity contribution in [3.8, 4) is 0 Å². The highest BCUT2D eigenvalue weighted by Crippen LogP contribution is 2.74. The highest BCUT2D eigenvalue weighted by Gasteiger charge is 2.74. The third-order valence-corrected chi connectivity index (χ3v) is 8.64. The Hall–Kier alpha value is -2.15. The smallest absolute Gasteiger partial charge is 0.248 e. The fraction of sp³-hybridized carbons (Fsp3) is 0.625. The summed E-state index contributed by atoms with van der Waals surface area (Å²) >= 11 is 0. The van der Waals surface area contributed by atoms with Crippen molar-refractivity contribution < 1.29 is 18.7 Å². The maximum atomic E-state index is 14.4. The number of halogens is 2. The van der Waals surface area contributed by atoms with E-state index in [1.165, 1.54) is 18.2 Å². The van der Waals surface area contributed by atoms with Crippen LogP contribution in [-0.4, -0.2) is 40.6 Å². The van der Waals surface area contributed by atoms with Crippen LogP contribution in [0.3, 0.4) is 0 Å². The van der Waals surface area contributed by atoms with Gasteiger partial charge in [0.05, 0.1) is 17.3 Å². The summed E-state index contributed by atoms with van der Waals surface area (Å²) in [6, 6.07) is 3.61. The van der Waals surface area contributed by atoms with E-state index in [1.54, 1.807) is 4.90 Å². The molecule has 2 bridgehead atoms. The monoisotopic (exact) mass is 431 g/mol. The van der Waals surface area contributed by atoms with Crippen molar-refractivity contribution >= 4 is 11.6 Å². The number of likely N-dealkylation sites (N-methyl/N-ethyl adjacent to an activating group) is 1. The molecular weight excluding hydrogens is 400 g/mol. The van der Waals surface area contributed by atoms with E-state index in [-0.39, 0.29) is 45.9 Å². The topological polar surface area (TPSA) is 65.3 Å². The van der Waals surface area contributed by atoms with Crippen LogP contribution in [0, 0.1) is 34.3 Å². The fourth-order valence-electron chi connectivity index (χ4n) is 7.41. The molecule has 2 unspecified atom stereocenters. The minimum atomic E-state index is -0.646. The molecule has 1 N–H and O–H groups in total. The zero-order valence-corrected chi connectivity index (χ0v) is 18.8. The molecule has 4 rings (SSSR count). The normalized spacial score (nSPS) is 30.8. The van der Waals surface area contributed by atoms with Gasteiger partial charge in [-0.25, -0.2) is 8.78 Å². The van der Waals surface area contributed by atoms with Crippen molar-refractivity contribution in [1.82, 2.24) is 4.90 Å². The van der Waals surface area contributed by atoms with Crippen LogP contribution in [0.25, 0.3) is 5.70 Å². The number of aliphatic hydroxyl groups is 1. The minimum Gasteiger partial charge on any atom is -0.387 e. The van der Waals surface area contributed by atoms with E-state index in [9.17, 15) is 18.7 Å². The van der Waals surface area contributed by atoms with Crippen LogP contribution in [0.4, 0.5) is 8.78 Å². The van der Waals surface area contributed by atoms with Crippen molar-refractivity contribution in [2.45, 2.75) is 59.0 Å². The summed E-state index contributed by atoms with van der Waals surface area (Å²) in [7, 11) is 0. The Bertz CT molecular complexity index is 951. The zero-order valence-electron chi connectivity index (χ0n) is 18.8. The molecule has 1 amide bonds. The van der Waals surface area contributed by atoms with Gasteiger partial charge in [0.1, 0.15) is 18.2 Å². The summed E-state index contributed by atoms with van der Waals surface area (Å²) in [5.41, 5.74) is -1.05. The van der Waals surface area contributed by atoms with Crippen LogP contribution in [0.1, 0.15) is 53.0 Å². The number of amides is 1.